The second kappa shape index (κ2) is 11.3. The lowest BCUT2D eigenvalue weighted by Crippen LogP contribution is -2.28. The fourth-order valence-corrected chi connectivity index (χ4v) is 9.20. The molecule has 9 rings (SSSR count). The highest BCUT2D eigenvalue weighted by atomic mass is 31.2. The first kappa shape index (κ1) is 28.1. The van der Waals surface area contributed by atoms with E-state index < -0.39 is 7.14 Å². The van der Waals surface area contributed by atoms with Crippen molar-refractivity contribution in [3.63, 3.8) is 0 Å². The third-order valence-corrected chi connectivity index (χ3v) is 11.7. The molecule has 0 unspecified atom stereocenters. The highest BCUT2D eigenvalue weighted by molar-refractivity contribution is 7.85. The molecular weight excluding hydrogens is 613 g/mol. The molecule has 0 fully saturated rings. The molecule has 0 bridgehead atoms. The zero-order valence-corrected chi connectivity index (χ0v) is 26.6. The molecule has 0 N–H and O–H groups in total. The van der Waals surface area contributed by atoms with Crippen LogP contribution in [0.3, 0.4) is 0 Å². The third kappa shape index (κ3) is 4.49. The number of nitrogens with zero attached hydrogens (tertiary/aromatic N) is 3. The average Bonchev–Trinajstić information content (AvgIpc) is 3.16. The molecule has 6 aromatic carbocycles. The summed E-state index contributed by atoms with van der Waals surface area (Å²) in [5.74, 6) is 4.06. The summed E-state index contributed by atoms with van der Waals surface area (Å²) in [6, 6.07) is 55.1. The Labute approximate surface area is 278 Å². The Morgan fingerprint density at radius 2 is 0.708 bits per heavy atom. The molecule has 2 aliphatic rings. The maximum atomic E-state index is 16.0. The van der Waals surface area contributed by atoms with Gasteiger partial charge in [-0.25, -0.2) is 4.98 Å². The molecule has 0 radical (unpaired) electrons. The van der Waals surface area contributed by atoms with E-state index in [9.17, 15) is 0 Å². The van der Waals surface area contributed by atoms with Crippen LogP contribution in [0.4, 0.5) is 34.4 Å². The molecule has 0 saturated carbocycles. The minimum absolute atomic E-state index is 0.610. The molecule has 3 heterocycles. The van der Waals surface area contributed by atoms with E-state index in [0.29, 0.717) is 39.9 Å². The highest BCUT2D eigenvalue weighted by Crippen LogP contribution is 2.54. The first-order chi connectivity index (χ1) is 23.7. The van der Waals surface area contributed by atoms with Gasteiger partial charge in [0.15, 0.2) is 30.1 Å². The average molecular weight is 642 g/mol. The summed E-state index contributed by atoms with van der Waals surface area (Å²) in [4.78, 5) is 9.59. The molecular formula is C41H28N3O3P. The van der Waals surface area contributed by atoms with Gasteiger partial charge >= 0.3 is 0 Å². The van der Waals surface area contributed by atoms with Gasteiger partial charge in [0.1, 0.15) is 11.6 Å². The normalized spacial score (nSPS) is 12.9. The van der Waals surface area contributed by atoms with Gasteiger partial charge in [-0.2, -0.15) is 0 Å². The number of rotatable bonds is 5. The summed E-state index contributed by atoms with van der Waals surface area (Å²) in [6.07, 6.45) is 0. The SMILES string of the molecule is O=P(c1ccccc1)(c1ccccc1)c1cc(N2c3ccccc3Oc3ccccc32)nc(N2c3ccccc3Oc3ccccc32)c1. The summed E-state index contributed by atoms with van der Waals surface area (Å²) < 4.78 is 28.7. The van der Waals surface area contributed by atoms with Gasteiger partial charge in [-0.3, -0.25) is 9.80 Å². The monoisotopic (exact) mass is 641 g/mol. The zero-order chi connectivity index (χ0) is 32.1. The molecule has 0 saturated heterocycles. The molecule has 6 nitrogen and oxygen atoms in total. The number of hydrogen-bond donors (Lipinski definition) is 0. The molecule has 1 aromatic heterocycles. The lowest BCUT2D eigenvalue weighted by atomic mass is 10.1. The number of benzene rings is 6. The van der Waals surface area contributed by atoms with E-state index in [1.165, 1.54) is 0 Å². The van der Waals surface area contributed by atoms with Crippen LogP contribution in [0.25, 0.3) is 0 Å². The topological polar surface area (TPSA) is 54.9 Å². The molecule has 230 valence electrons. The van der Waals surface area contributed by atoms with Gasteiger partial charge < -0.3 is 14.0 Å². The Balaban J connectivity index is 1.37. The predicted octanol–water partition coefficient (Wildman–Crippen LogP) is 9.87. The van der Waals surface area contributed by atoms with E-state index in [4.69, 9.17) is 14.5 Å². The lowest BCUT2D eigenvalue weighted by Gasteiger charge is -2.35. The minimum atomic E-state index is -3.43. The summed E-state index contributed by atoms with van der Waals surface area (Å²) in [5, 5.41) is 2.14. The van der Waals surface area contributed by atoms with Crippen molar-refractivity contribution in [1.82, 2.24) is 4.98 Å². The van der Waals surface area contributed by atoms with Gasteiger partial charge in [0.25, 0.3) is 0 Å². The van der Waals surface area contributed by atoms with Crippen LogP contribution in [0, 0.1) is 0 Å². The highest BCUT2D eigenvalue weighted by Gasteiger charge is 2.35. The molecule has 0 atom stereocenters. The van der Waals surface area contributed by atoms with Crippen molar-refractivity contribution in [2.24, 2.45) is 0 Å². The predicted molar refractivity (Wildman–Crippen MR) is 193 cm³/mol. The number of ether oxygens (including phenoxy) is 2. The van der Waals surface area contributed by atoms with Crippen LogP contribution in [0.15, 0.2) is 170 Å². The van der Waals surface area contributed by atoms with Crippen molar-refractivity contribution in [2.45, 2.75) is 0 Å². The standard InChI is InChI=1S/C41H28N3O3P/c45-48(29-15-3-1-4-16-29,30-17-5-2-6-18-30)31-27-40(43-32-19-7-11-23-36(32)46-37-24-12-8-20-33(37)43)42-41(28-31)44-34-21-9-13-25-38(34)47-39-26-14-10-22-35(39)44/h1-28H. The van der Waals surface area contributed by atoms with Crippen molar-refractivity contribution >= 4 is 57.4 Å². The van der Waals surface area contributed by atoms with E-state index in [2.05, 4.69) is 9.80 Å². The van der Waals surface area contributed by atoms with Crippen LogP contribution in [-0.2, 0) is 4.57 Å². The Bertz CT molecular complexity index is 2110. The fraction of sp³-hybridized carbons (Fsp3) is 0. The second-order valence-electron chi connectivity index (χ2n) is 11.6. The Morgan fingerprint density at radius 1 is 0.396 bits per heavy atom. The van der Waals surface area contributed by atoms with Gasteiger partial charge in [0, 0.05) is 15.9 Å². The van der Waals surface area contributed by atoms with Crippen LogP contribution >= 0.6 is 7.14 Å². The van der Waals surface area contributed by atoms with E-state index in [0.717, 1.165) is 33.4 Å². The van der Waals surface area contributed by atoms with Gasteiger partial charge in [0.2, 0.25) is 0 Å². The van der Waals surface area contributed by atoms with Crippen LogP contribution in [0.2, 0.25) is 0 Å². The summed E-state index contributed by atoms with van der Waals surface area (Å²) in [6.45, 7) is 0. The van der Waals surface area contributed by atoms with Crippen molar-refractivity contribution in [3.8, 4) is 23.0 Å². The molecule has 48 heavy (non-hydrogen) atoms. The number of anilines is 6. The Kier molecular flexibility index (Phi) is 6.63. The first-order valence-electron chi connectivity index (χ1n) is 15.7. The Hall–Kier alpha value is -6.10. The molecule has 7 heteroatoms. The maximum absolute atomic E-state index is 16.0. The molecule has 0 amide bonds. The molecule has 0 aliphatic carbocycles. The number of fused-ring (bicyclic) bond motifs is 4. The quantitative estimate of drug-likeness (QED) is 0.174. The van der Waals surface area contributed by atoms with Gasteiger partial charge in [0.05, 0.1) is 22.7 Å². The number of pyridine rings is 1. The van der Waals surface area contributed by atoms with Crippen LogP contribution in [-0.4, -0.2) is 4.98 Å². The molecule has 7 aromatic rings. The van der Waals surface area contributed by atoms with Crippen LogP contribution < -0.4 is 35.2 Å². The lowest BCUT2D eigenvalue weighted by molar-refractivity contribution is 0.476. The second-order valence-corrected chi connectivity index (χ2v) is 14.3. The van der Waals surface area contributed by atoms with Crippen LogP contribution in [0.5, 0.6) is 23.0 Å². The minimum Gasteiger partial charge on any atom is -0.453 e. The zero-order valence-electron chi connectivity index (χ0n) is 25.7. The largest absolute Gasteiger partial charge is 0.453 e. The molecule has 0 spiro atoms. The first-order valence-corrected chi connectivity index (χ1v) is 17.5. The number of para-hydroxylation sites is 8. The van der Waals surface area contributed by atoms with Gasteiger partial charge in [-0.1, -0.05) is 109 Å². The van der Waals surface area contributed by atoms with Crippen molar-refractivity contribution in [3.05, 3.63) is 170 Å². The summed E-state index contributed by atoms with van der Waals surface area (Å²) in [7, 11) is -3.43. The van der Waals surface area contributed by atoms with E-state index in [1.54, 1.807) is 0 Å². The van der Waals surface area contributed by atoms with E-state index in [-0.39, 0.29) is 0 Å². The maximum Gasteiger partial charge on any atom is 0.171 e. The van der Waals surface area contributed by atoms with Gasteiger partial charge in [-0.05, 0) is 60.7 Å². The number of hydrogen-bond acceptors (Lipinski definition) is 6. The molecule has 2 aliphatic heterocycles. The third-order valence-electron chi connectivity index (χ3n) is 8.71. The fourth-order valence-electron chi connectivity index (χ4n) is 6.52. The van der Waals surface area contributed by atoms with Crippen molar-refractivity contribution in [2.75, 3.05) is 9.80 Å². The van der Waals surface area contributed by atoms with Crippen molar-refractivity contribution in [1.29, 1.82) is 0 Å². The summed E-state index contributed by atoms with van der Waals surface area (Å²) >= 11 is 0. The summed E-state index contributed by atoms with van der Waals surface area (Å²) in [5.41, 5.74) is 3.35. The smallest absolute Gasteiger partial charge is 0.171 e. The van der Waals surface area contributed by atoms with Gasteiger partial charge in [-0.15, -0.1) is 0 Å². The Morgan fingerprint density at radius 3 is 1.06 bits per heavy atom. The van der Waals surface area contributed by atoms with Crippen LogP contribution in [0.1, 0.15) is 0 Å². The van der Waals surface area contributed by atoms with E-state index >= 15 is 4.57 Å². The number of aromatic nitrogens is 1. The van der Waals surface area contributed by atoms with E-state index in [1.807, 2.05) is 170 Å². The van der Waals surface area contributed by atoms with Crippen molar-refractivity contribution < 1.29 is 14.0 Å².